The van der Waals surface area contributed by atoms with Crippen molar-refractivity contribution in [1.29, 1.82) is 0 Å². The van der Waals surface area contributed by atoms with E-state index < -0.39 is 0 Å². The molecule has 1 aliphatic rings. The van der Waals surface area contributed by atoms with Gasteiger partial charge in [-0.3, -0.25) is 9.59 Å². The zero-order valence-corrected chi connectivity index (χ0v) is 13.5. The summed E-state index contributed by atoms with van der Waals surface area (Å²) in [5, 5.41) is 3.24. The van der Waals surface area contributed by atoms with Gasteiger partial charge in [0.25, 0.3) is 5.91 Å². The van der Waals surface area contributed by atoms with Gasteiger partial charge < -0.3 is 10.2 Å². The van der Waals surface area contributed by atoms with E-state index in [0.29, 0.717) is 41.0 Å². The number of halogens is 2. The summed E-state index contributed by atoms with van der Waals surface area (Å²) in [6.45, 7) is 1.22. The first kappa shape index (κ1) is 15.3. The molecule has 1 N–H and O–H groups in total. The lowest BCUT2D eigenvalue weighted by atomic mass is 9.95. The van der Waals surface area contributed by atoms with Crippen molar-refractivity contribution in [3.8, 4) is 0 Å². The topological polar surface area (TPSA) is 49.4 Å². The minimum absolute atomic E-state index is 0.0148. The van der Waals surface area contributed by atoms with Gasteiger partial charge in [0.05, 0.1) is 5.02 Å². The van der Waals surface area contributed by atoms with E-state index in [0.717, 1.165) is 0 Å². The number of piperidine rings is 1. The van der Waals surface area contributed by atoms with Crippen LogP contribution < -0.4 is 5.32 Å². The fourth-order valence-electron chi connectivity index (χ4n) is 2.36. The van der Waals surface area contributed by atoms with Gasteiger partial charge in [-0.05, 0) is 47.0 Å². The van der Waals surface area contributed by atoms with E-state index >= 15 is 0 Å². The fourth-order valence-corrected chi connectivity index (χ4v) is 2.86. The predicted octanol–water partition coefficient (Wildman–Crippen LogP) is 2.70. The van der Waals surface area contributed by atoms with Gasteiger partial charge in [-0.2, -0.15) is 0 Å². The summed E-state index contributed by atoms with van der Waals surface area (Å²) in [7, 11) is 1.64. The minimum atomic E-state index is -0.0160. The molecule has 1 aromatic carbocycles. The average Bonchev–Trinajstić information content (AvgIpc) is 2.48. The summed E-state index contributed by atoms with van der Waals surface area (Å²) in [6.07, 6.45) is 1.42. The molecule has 0 aliphatic carbocycles. The van der Waals surface area contributed by atoms with Gasteiger partial charge >= 0.3 is 0 Å². The molecule has 6 heteroatoms. The molecule has 0 radical (unpaired) electrons. The molecule has 1 heterocycles. The summed E-state index contributed by atoms with van der Waals surface area (Å²) in [5.41, 5.74) is 0.611. The molecule has 0 aromatic heterocycles. The number of nitrogens with one attached hydrogen (secondary N) is 1. The molecule has 2 amide bonds. The van der Waals surface area contributed by atoms with Crippen LogP contribution in [0.3, 0.4) is 0 Å². The number of rotatable bonds is 2. The SMILES string of the molecule is CNC(=O)C1CCN(C(=O)c2ccc(Cl)c(Br)c2)CC1. The molecule has 0 bridgehead atoms. The van der Waals surface area contributed by atoms with E-state index in [-0.39, 0.29) is 17.7 Å². The van der Waals surface area contributed by atoms with Crippen LogP contribution in [0, 0.1) is 5.92 Å². The second-order valence-electron chi connectivity index (χ2n) is 4.81. The summed E-state index contributed by atoms with van der Waals surface area (Å²) in [4.78, 5) is 25.7. The van der Waals surface area contributed by atoms with Gasteiger partial charge in [0.1, 0.15) is 0 Å². The number of carbonyl (C=O) groups is 2. The Hall–Kier alpha value is -1.07. The molecule has 1 aromatic rings. The number of likely N-dealkylation sites (tertiary alicyclic amines) is 1. The van der Waals surface area contributed by atoms with Crippen molar-refractivity contribution in [1.82, 2.24) is 10.2 Å². The summed E-state index contributed by atoms with van der Waals surface area (Å²) in [6, 6.07) is 5.16. The van der Waals surface area contributed by atoms with Gasteiger partial charge in [-0.25, -0.2) is 0 Å². The van der Waals surface area contributed by atoms with Crippen LogP contribution in [0.1, 0.15) is 23.2 Å². The number of carbonyl (C=O) groups excluding carboxylic acids is 2. The molecular weight excluding hydrogens is 344 g/mol. The Labute approximate surface area is 131 Å². The average molecular weight is 360 g/mol. The molecule has 1 aliphatic heterocycles. The van der Waals surface area contributed by atoms with Crippen molar-refractivity contribution in [2.75, 3.05) is 20.1 Å². The van der Waals surface area contributed by atoms with E-state index in [2.05, 4.69) is 21.2 Å². The standard InChI is InChI=1S/C14H16BrClN2O2/c1-17-13(19)9-4-6-18(7-5-9)14(20)10-2-3-12(16)11(15)8-10/h2-3,8-9H,4-7H2,1H3,(H,17,19). The van der Waals surface area contributed by atoms with Crippen LogP contribution in [0.15, 0.2) is 22.7 Å². The minimum Gasteiger partial charge on any atom is -0.359 e. The van der Waals surface area contributed by atoms with Crippen molar-refractivity contribution in [3.63, 3.8) is 0 Å². The van der Waals surface area contributed by atoms with Crippen molar-refractivity contribution in [2.24, 2.45) is 5.92 Å². The van der Waals surface area contributed by atoms with Crippen LogP contribution in [0.25, 0.3) is 0 Å². The summed E-state index contributed by atoms with van der Waals surface area (Å²) >= 11 is 9.25. The molecule has 1 fully saturated rings. The number of nitrogens with zero attached hydrogens (tertiary/aromatic N) is 1. The third-order valence-corrected chi connectivity index (χ3v) is 4.78. The molecule has 0 saturated carbocycles. The first-order valence-corrected chi connectivity index (χ1v) is 7.66. The lowest BCUT2D eigenvalue weighted by molar-refractivity contribution is -0.125. The zero-order valence-electron chi connectivity index (χ0n) is 11.2. The van der Waals surface area contributed by atoms with Crippen LogP contribution in [0.2, 0.25) is 5.02 Å². The summed E-state index contributed by atoms with van der Waals surface area (Å²) < 4.78 is 0.713. The number of hydrogen-bond donors (Lipinski definition) is 1. The van der Waals surface area contributed by atoms with Gasteiger partial charge in [0.15, 0.2) is 0 Å². The summed E-state index contributed by atoms with van der Waals surface area (Å²) in [5.74, 6) is 0.0602. The van der Waals surface area contributed by atoms with E-state index in [4.69, 9.17) is 11.6 Å². The van der Waals surface area contributed by atoms with Crippen LogP contribution in [0.5, 0.6) is 0 Å². The van der Waals surface area contributed by atoms with E-state index in [1.165, 1.54) is 0 Å². The maximum Gasteiger partial charge on any atom is 0.253 e. The molecule has 108 valence electrons. The van der Waals surface area contributed by atoms with Gasteiger partial charge in [0, 0.05) is 36.1 Å². The number of amides is 2. The lowest BCUT2D eigenvalue weighted by Crippen LogP contribution is -2.42. The molecule has 2 rings (SSSR count). The van der Waals surface area contributed by atoms with Crippen LogP contribution in [0.4, 0.5) is 0 Å². The Balaban J connectivity index is 2.01. The van der Waals surface area contributed by atoms with Gasteiger partial charge in [-0.1, -0.05) is 11.6 Å². The molecular formula is C14H16BrClN2O2. The van der Waals surface area contributed by atoms with Crippen LogP contribution in [-0.4, -0.2) is 36.9 Å². The van der Waals surface area contributed by atoms with Gasteiger partial charge in [-0.15, -0.1) is 0 Å². The van der Waals surface area contributed by atoms with E-state index in [1.54, 1.807) is 30.1 Å². The molecule has 0 spiro atoms. The highest BCUT2D eigenvalue weighted by molar-refractivity contribution is 9.10. The van der Waals surface area contributed by atoms with E-state index in [1.807, 2.05) is 0 Å². The molecule has 4 nitrogen and oxygen atoms in total. The van der Waals surface area contributed by atoms with Crippen molar-refractivity contribution >= 4 is 39.3 Å². The zero-order chi connectivity index (χ0) is 14.7. The highest BCUT2D eigenvalue weighted by Gasteiger charge is 2.27. The quantitative estimate of drug-likeness (QED) is 0.882. The third-order valence-electron chi connectivity index (χ3n) is 3.57. The first-order chi connectivity index (χ1) is 9.52. The third kappa shape index (κ3) is 3.33. The Bertz CT molecular complexity index is 528. The second kappa shape index (κ2) is 6.59. The number of hydrogen-bond acceptors (Lipinski definition) is 2. The van der Waals surface area contributed by atoms with E-state index in [9.17, 15) is 9.59 Å². The second-order valence-corrected chi connectivity index (χ2v) is 6.07. The largest absolute Gasteiger partial charge is 0.359 e. The Morgan fingerprint density at radius 1 is 1.35 bits per heavy atom. The molecule has 0 unspecified atom stereocenters. The highest BCUT2D eigenvalue weighted by atomic mass is 79.9. The fraction of sp³-hybridized carbons (Fsp3) is 0.429. The predicted molar refractivity (Wildman–Crippen MR) is 81.8 cm³/mol. The van der Waals surface area contributed by atoms with Crippen LogP contribution in [-0.2, 0) is 4.79 Å². The first-order valence-electron chi connectivity index (χ1n) is 6.49. The van der Waals surface area contributed by atoms with Crippen LogP contribution >= 0.6 is 27.5 Å². The smallest absolute Gasteiger partial charge is 0.253 e. The number of benzene rings is 1. The Morgan fingerprint density at radius 3 is 2.55 bits per heavy atom. The van der Waals surface area contributed by atoms with Gasteiger partial charge in [0.2, 0.25) is 5.91 Å². The normalized spacial score (nSPS) is 16.1. The molecule has 0 atom stereocenters. The Morgan fingerprint density at radius 2 is 2.00 bits per heavy atom. The lowest BCUT2D eigenvalue weighted by Gasteiger charge is -2.31. The maximum atomic E-state index is 12.4. The molecule has 20 heavy (non-hydrogen) atoms. The molecule has 1 saturated heterocycles. The van der Waals surface area contributed by atoms with Crippen molar-refractivity contribution in [2.45, 2.75) is 12.8 Å². The van der Waals surface area contributed by atoms with Crippen molar-refractivity contribution < 1.29 is 9.59 Å². The monoisotopic (exact) mass is 358 g/mol. The van der Waals surface area contributed by atoms with Crippen molar-refractivity contribution in [3.05, 3.63) is 33.3 Å². The maximum absolute atomic E-state index is 12.4. The Kier molecular flexibility index (Phi) is 5.05. The highest BCUT2D eigenvalue weighted by Crippen LogP contribution is 2.25.